The van der Waals surface area contributed by atoms with E-state index in [1.807, 2.05) is 29.5 Å². The maximum absolute atomic E-state index is 10.0. The summed E-state index contributed by atoms with van der Waals surface area (Å²) in [4.78, 5) is 0. The third-order valence-electron chi connectivity index (χ3n) is 5.06. The Kier molecular flexibility index (Phi) is 21.1. The van der Waals surface area contributed by atoms with Gasteiger partial charge in [0, 0.05) is 29.1 Å². The van der Waals surface area contributed by atoms with Gasteiger partial charge in [0.15, 0.2) is 10.1 Å². The third kappa shape index (κ3) is 20.9. The van der Waals surface area contributed by atoms with Gasteiger partial charge in [-0.2, -0.15) is 0 Å². The van der Waals surface area contributed by atoms with Crippen LogP contribution in [0.1, 0.15) is 103 Å². The molecule has 0 aliphatic rings. The molecule has 174 valence electrons. The minimum absolute atomic E-state index is 0.344. The van der Waals surface area contributed by atoms with Crippen molar-refractivity contribution in [3.63, 3.8) is 0 Å². The van der Waals surface area contributed by atoms with Gasteiger partial charge in [-0.3, -0.25) is 5.32 Å². The van der Waals surface area contributed by atoms with Crippen LogP contribution in [0.2, 0.25) is 0 Å². The summed E-state index contributed by atoms with van der Waals surface area (Å²) in [5.41, 5.74) is 0.912. The zero-order valence-electron chi connectivity index (χ0n) is 18.3. The normalized spacial score (nSPS) is 13.6. The van der Waals surface area contributed by atoms with E-state index >= 15 is 0 Å². The van der Waals surface area contributed by atoms with E-state index in [1.165, 1.54) is 44.9 Å². The van der Waals surface area contributed by atoms with Gasteiger partial charge in [0.25, 0.3) is 0 Å². The molecular formula is C22H45IN2O4. The first-order chi connectivity index (χ1) is 14.0. The summed E-state index contributed by atoms with van der Waals surface area (Å²) >= 11 is 1.94. The second-order valence-electron chi connectivity index (χ2n) is 7.82. The van der Waals surface area contributed by atoms with Gasteiger partial charge in [-0.05, 0) is 58.4 Å². The van der Waals surface area contributed by atoms with E-state index in [4.69, 9.17) is 10.2 Å². The molecule has 0 aromatic heterocycles. The monoisotopic (exact) mass is 528 g/mol. The van der Waals surface area contributed by atoms with E-state index in [0.717, 1.165) is 63.7 Å². The molecule has 0 saturated heterocycles. The van der Waals surface area contributed by atoms with Crippen molar-refractivity contribution in [2.75, 3.05) is 13.1 Å². The molecule has 0 saturated carbocycles. The largest absolute Gasteiger partial charge is 0.501 e. The Morgan fingerprint density at radius 1 is 0.759 bits per heavy atom. The van der Waals surface area contributed by atoms with Gasteiger partial charge < -0.3 is 25.7 Å². The first-order valence-corrected chi connectivity index (χ1v) is 12.6. The van der Waals surface area contributed by atoms with Crippen LogP contribution < -0.4 is 10.6 Å². The van der Waals surface area contributed by atoms with E-state index in [2.05, 4.69) is 10.6 Å². The average Bonchev–Trinajstić information content (AvgIpc) is 2.67. The standard InChI is InChI=1S/C22H45IN2O4/c1-2-24-19(22(23)29)15-13-14-18-25-20(26)16-11-9-7-5-3-4-6-8-10-12-17-21(27)28/h20-21,24-29H,2-18H2,1H3/b22-19-. The number of halogens is 1. The van der Waals surface area contributed by atoms with Gasteiger partial charge in [0.2, 0.25) is 0 Å². The highest BCUT2D eigenvalue weighted by molar-refractivity contribution is 14.1. The molecule has 6 N–H and O–H groups in total. The molecule has 0 rings (SSSR count). The SMILES string of the molecule is CCN/C(CCCCNC(O)CCCCCCCCCCCCC(O)O)=C(\O)I. The van der Waals surface area contributed by atoms with Crippen molar-refractivity contribution in [1.82, 2.24) is 10.6 Å². The van der Waals surface area contributed by atoms with Crippen LogP contribution in [0, 0.1) is 0 Å². The van der Waals surface area contributed by atoms with Gasteiger partial charge in [0.05, 0.1) is 5.70 Å². The summed E-state index contributed by atoms with van der Waals surface area (Å²) in [5, 5.41) is 43.5. The van der Waals surface area contributed by atoms with Crippen molar-refractivity contribution >= 4 is 22.6 Å². The van der Waals surface area contributed by atoms with Crippen molar-refractivity contribution in [2.24, 2.45) is 0 Å². The summed E-state index contributed by atoms with van der Waals surface area (Å²) in [6, 6.07) is 0. The number of aliphatic hydroxyl groups is 4. The lowest BCUT2D eigenvalue weighted by Crippen LogP contribution is -2.29. The Morgan fingerprint density at radius 3 is 1.76 bits per heavy atom. The summed E-state index contributed by atoms with van der Waals surface area (Å²) in [5.74, 6) is 0. The molecule has 29 heavy (non-hydrogen) atoms. The molecule has 0 spiro atoms. The molecule has 0 aliphatic heterocycles. The van der Waals surface area contributed by atoms with E-state index in [1.54, 1.807) is 0 Å². The third-order valence-corrected chi connectivity index (χ3v) is 5.71. The van der Waals surface area contributed by atoms with Crippen molar-refractivity contribution in [1.29, 1.82) is 0 Å². The predicted molar refractivity (Wildman–Crippen MR) is 129 cm³/mol. The Bertz CT molecular complexity index is 391. The first kappa shape index (κ1) is 28.9. The highest BCUT2D eigenvalue weighted by atomic mass is 127. The highest BCUT2D eigenvalue weighted by Gasteiger charge is 2.04. The Balaban J connectivity index is 3.36. The minimum atomic E-state index is -1.14. The van der Waals surface area contributed by atoms with Crippen molar-refractivity contribution < 1.29 is 20.4 Å². The maximum Gasteiger partial charge on any atom is 0.172 e. The molecule has 1 unspecified atom stereocenters. The van der Waals surface area contributed by atoms with Crippen molar-refractivity contribution in [3.8, 4) is 0 Å². The molecule has 0 aliphatic carbocycles. The lowest BCUT2D eigenvalue weighted by molar-refractivity contribution is -0.0466. The number of hydrogen-bond donors (Lipinski definition) is 6. The molecule has 0 aromatic rings. The van der Waals surface area contributed by atoms with Crippen LogP contribution >= 0.6 is 22.6 Å². The smallest absolute Gasteiger partial charge is 0.172 e. The van der Waals surface area contributed by atoms with Crippen LogP contribution in [0.5, 0.6) is 0 Å². The number of allylic oxidation sites excluding steroid dienone is 1. The van der Waals surface area contributed by atoms with Crippen LogP contribution in [0.3, 0.4) is 0 Å². The van der Waals surface area contributed by atoms with E-state index in [9.17, 15) is 10.2 Å². The fraction of sp³-hybridized carbons (Fsp3) is 0.909. The Morgan fingerprint density at radius 2 is 1.28 bits per heavy atom. The second-order valence-corrected chi connectivity index (χ2v) is 8.84. The quantitative estimate of drug-likeness (QED) is 0.0552. The molecule has 0 heterocycles. The summed E-state index contributed by atoms with van der Waals surface area (Å²) in [7, 11) is 0. The number of hydrogen-bond acceptors (Lipinski definition) is 6. The molecule has 0 radical (unpaired) electrons. The number of rotatable bonds is 21. The lowest BCUT2D eigenvalue weighted by atomic mass is 10.0. The van der Waals surface area contributed by atoms with Crippen LogP contribution in [0.25, 0.3) is 0 Å². The molecule has 0 bridgehead atoms. The Labute approximate surface area is 191 Å². The van der Waals surface area contributed by atoms with Crippen LogP contribution in [-0.4, -0.2) is 46.0 Å². The molecule has 0 amide bonds. The van der Waals surface area contributed by atoms with E-state index in [0.29, 0.717) is 10.2 Å². The molecule has 0 aromatic carbocycles. The first-order valence-electron chi connectivity index (χ1n) is 11.6. The van der Waals surface area contributed by atoms with Gasteiger partial charge in [-0.15, -0.1) is 0 Å². The molecular weight excluding hydrogens is 483 g/mol. The van der Waals surface area contributed by atoms with Crippen LogP contribution in [0.15, 0.2) is 9.46 Å². The van der Waals surface area contributed by atoms with Crippen LogP contribution in [0.4, 0.5) is 0 Å². The zero-order valence-corrected chi connectivity index (χ0v) is 20.5. The maximum atomic E-state index is 10.0. The van der Waals surface area contributed by atoms with Crippen molar-refractivity contribution in [3.05, 3.63) is 9.46 Å². The summed E-state index contributed by atoms with van der Waals surface area (Å²) in [6.07, 6.45) is 14.3. The van der Waals surface area contributed by atoms with Gasteiger partial charge in [0.1, 0.15) is 6.23 Å². The van der Waals surface area contributed by atoms with Gasteiger partial charge in [-0.25, -0.2) is 0 Å². The molecule has 6 nitrogen and oxygen atoms in total. The highest BCUT2D eigenvalue weighted by Crippen LogP contribution is 2.14. The fourth-order valence-corrected chi connectivity index (χ4v) is 3.81. The van der Waals surface area contributed by atoms with E-state index < -0.39 is 12.5 Å². The molecule has 7 heteroatoms. The molecule has 0 fully saturated rings. The van der Waals surface area contributed by atoms with Crippen molar-refractivity contribution in [2.45, 2.75) is 116 Å². The Hall–Kier alpha value is -0.0900. The molecule has 1 atom stereocenters. The topological polar surface area (TPSA) is 105 Å². The van der Waals surface area contributed by atoms with Gasteiger partial charge >= 0.3 is 0 Å². The minimum Gasteiger partial charge on any atom is -0.501 e. The van der Waals surface area contributed by atoms with Gasteiger partial charge in [-0.1, -0.05) is 51.4 Å². The average molecular weight is 529 g/mol. The lowest BCUT2D eigenvalue weighted by Gasteiger charge is -2.13. The van der Waals surface area contributed by atoms with E-state index in [-0.39, 0.29) is 0 Å². The number of unbranched alkanes of at least 4 members (excludes halogenated alkanes) is 10. The fourth-order valence-electron chi connectivity index (χ4n) is 3.35. The number of nitrogens with one attached hydrogen (secondary N) is 2. The predicted octanol–water partition coefficient (Wildman–Crippen LogP) is 4.83. The number of aliphatic hydroxyl groups excluding tert-OH is 3. The second kappa shape index (κ2) is 21.2. The summed E-state index contributed by atoms with van der Waals surface area (Å²) in [6.45, 7) is 3.64. The summed E-state index contributed by atoms with van der Waals surface area (Å²) < 4.78 is 0.344. The zero-order chi connectivity index (χ0) is 21.7. The van der Waals surface area contributed by atoms with Crippen LogP contribution in [-0.2, 0) is 0 Å².